The molecule has 3 aromatic carbocycles. The molecule has 1 saturated heterocycles. The summed E-state index contributed by atoms with van der Waals surface area (Å²) < 4.78 is 38.4. The van der Waals surface area contributed by atoms with Crippen molar-refractivity contribution in [2.45, 2.75) is 65.2 Å². The summed E-state index contributed by atoms with van der Waals surface area (Å²) in [6.07, 6.45) is 1.20. The average molecular weight is 891 g/mol. The van der Waals surface area contributed by atoms with E-state index < -0.39 is 63.1 Å². The van der Waals surface area contributed by atoms with Crippen LogP contribution in [-0.4, -0.2) is 110 Å². The molecule has 0 saturated carbocycles. The Labute approximate surface area is 360 Å². The molecule has 5 amide bonds. The zero-order valence-electron chi connectivity index (χ0n) is 34.6. The highest BCUT2D eigenvalue weighted by Gasteiger charge is 2.41. The van der Waals surface area contributed by atoms with Crippen molar-refractivity contribution in [1.29, 1.82) is 0 Å². The van der Waals surface area contributed by atoms with Crippen LogP contribution in [0.3, 0.4) is 0 Å². The zero-order chi connectivity index (χ0) is 45.3. The van der Waals surface area contributed by atoms with Crippen molar-refractivity contribution in [3.63, 3.8) is 0 Å². The lowest BCUT2D eigenvalue weighted by Crippen LogP contribution is -2.60. The molecular weight excluding hydrogens is 848 g/mol. The number of halogens is 1. The van der Waals surface area contributed by atoms with Crippen molar-refractivity contribution in [3.8, 4) is 5.69 Å². The van der Waals surface area contributed by atoms with E-state index in [9.17, 15) is 37.2 Å². The number of nitrogens with one attached hydrogen (secondary N) is 3. The number of amides is 5. The van der Waals surface area contributed by atoms with Crippen molar-refractivity contribution in [2.75, 3.05) is 34.9 Å². The van der Waals surface area contributed by atoms with Gasteiger partial charge in [0.05, 0.1) is 23.1 Å². The molecule has 0 aliphatic carbocycles. The van der Waals surface area contributed by atoms with Gasteiger partial charge in [0.25, 0.3) is 0 Å². The fraction of sp³-hybridized carbons (Fsp3) is 0.325. The maximum atomic E-state index is 14.4. The normalized spacial score (nSPS) is 14.1. The van der Waals surface area contributed by atoms with Gasteiger partial charge in [0.15, 0.2) is 0 Å². The van der Waals surface area contributed by atoms with Crippen LogP contribution in [0, 0.1) is 0 Å². The Bertz CT molecular complexity index is 2690. The smallest absolute Gasteiger partial charge is 0.419 e. The van der Waals surface area contributed by atoms with E-state index in [1.54, 1.807) is 70.5 Å². The van der Waals surface area contributed by atoms with Gasteiger partial charge >= 0.3 is 29.9 Å². The van der Waals surface area contributed by atoms with Gasteiger partial charge in [-0.25, -0.2) is 32.1 Å². The Balaban J connectivity index is 1.32. The molecule has 6 rings (SSSR count). The number of tetrazole rings is 1. The highest BCUT2D eigenvalue weighted by Crippen LogP contribution is 2.31. The van der Waals surface area contributed by atoms with Crippen LogP contribution in [0.1, 0.15) is 57.6 Å². The minimum atomic E-state index is -3.83. The van der Waals surface area contributed by atoms with Crippen LogP contribution in [-0.2, 0) is 40.3 Å². The van der Waals surface area contributed by atoms with Gasteiger partial charge in [0.1, 0.15) is 29.3 Å². The number of piperazine rings is 1. The summed E-state index contributed by atoms with van der Waals surface area (Å²) in [6.45, 7) is 9.95. The van der Waals surface area contributed by atoms with Crippen molar-refractivity contribution in [1.82, 2.24) is 34.4 Å². The summed E-state index contributed by atoms with van der Waals surface area (Å²) in [5, 5.41) is 17.1. The molecule has 326 valence electrons. The Morgan fingerprint density at radius 2 is 1.50 bits per heavy atom. The van der Waals surface area contributed by atoms with Crippen LogP contribution in [0.5, 0.6) is 0 Å². The van der Waals surface area contributed by atoms with E-state index >= 15 is 0 Å². The molecule has 0 radical (unpaired) electrons. The van der Waals surface area contributed by atoms with Crippen molar-refractivity contribution in [3.05, 3.63) is 89.3 Å². The molecule has 2 aromatic heterocycles. The summed E-state index contributed by atoms with van der Waals surface area (Å²) in [4.78, 5) is 83.8. The van der Waals surface area contributed by atoms with E-state index in [1.807, 2.05) is 0 Å². The molecule has 62 heavy (non-hydrogen) atoms. The number of sulfonamides is 1. The Morgan fingerprint density at radius 3 is 2.13 bits per heavy atom. The highest BCUT2D eigenvalue weighted by molar-refractivity contribution is 7.89. The third kappa shape index (κ3) is 10.7. The number of hydrogen-bond donors (Lipinski definition) is 3. The summed E-state index contributed by atoms with van der Waals surface area (Å²) >= 11 is 6.32. The van der Waals surface area contributed by atoms with E-state index in [2.05, 4.69) is 26.2 Å². The largest absolute Gasteiger partial charge is 0.455 e. The van der Waals surface area contributed by atoms with Crippen LogP contribution < -0.4 is 20.3 Å². The van der Waals surface area contributed by atoms with Gasteiger partial charge < -0.3 is 29.9 Å². The quantitative estimate of drug-likeness (QED) is 0.129. The summed E-state index contributed by atoms with van der Waals surface area (Å²) in [5.41, 5.74) is -0.0337. The summed E-state index contributed by atoms with van der Waals surface area (Å²) in [7, 11) is -3.83. The maximum absolute atomic E-state index is 14.4. The number of esters is 1. The fourth-order valence-corrected chi connectivity index (χ4v) is 7.03. The minimum Gasteiger partial charge on any atom is -0.455 e. The van der Waals surface area contributed by atoms with Crippen LogP contribution in [0.4, 0.5) is 26.7 Å². The van der Waals surface area contributed by atoms with Gasteiger partial charge in [-0.3, -0.25) is 14.4 Å². The third-order valence-corrected chi connectivity index (χ3v) is 9.72. The van der Waals surface area contributed by atoms with E-state index in [0.29, 0.717) is 16.6 Å². The topological polar surface area (TPSA) is 246 Å². The first-order chi connectivity index (χ1) is 29.0. The maximum Gasteiger partial charge on any atom is 0.419 e. The Hall–Kier alpha value is -6.87. The lowest BCUT2D eigenvalue weighted by atomic mass is 10.0. The van der Waals surface area contributed by atoms with E-state index in [-0.39, 0.29) is 52.8 Å². The van der Waals surface area contributed by atoms with Crippen molar-refractivity contribution >= 4 is 85.4 Å². The molecular formula is C40H43ClN10O10S. The van der Waals surface area contributed by atoms with Gasteiger partial charge in [0, 0.05) is 41.3 Å². The Kier molecular flexibility index (Phi) is 12.4. The SMILES string of the molecule is CC(C)(C)OC(=O)c1cc2cc(NC(=O)[C@H](Cc3ccc(NC(=O)NS(C)(=O)=O)cc3)N3CCN(c4cc(Cl)ccc4-n4cnnn4)C(=O)C3=O)ccc2n1C(=O)OC(C)(C)C. The van der Waals surface area contributed by atoms with E-state index in [4.69, 9.17) is 21.1 Å². The molecule has 20 nitrogen and oxygen atoms in total. The molecule has 1 aliphatic heterocycles. The molecule has 0 unspecified atom stereocenters. The number of rotatable bonds is 10. The summed E-state index contributed by atoms with van der Waals surface area (Å²) in [5.74, 6) is -3.43. The first kappa shape index (κ1) is 44.7. The van der Waals surface area contributed by atoms with Crippen molar-refractivity contribution < 1.29 is 46.7 Å². The molecule has 1 atom stereocenters. The highest BCUT2D eigenvalue weighted by atomic mass is 35.5. The standard InChI is InChI=1S/C40H43ClN10O10S/c1-39(2,3)60-36(55)32-20-24-19-27(13-15-28(24)51(32)38(57)61-40(4,5)6)43-33(52)31(18-23-8-11-26(12-9-23)44-37(56)45-62(7,58)59)49-17-16-48(34(53)35(49)54)30-21-25(41)10-14-29(30)50-22-42-46-47-50/h8-15,19-22,31H,16-18H2,1-7H3,(H,43,52)(H2,44,45,56)/t31-/m0/s1. The predicted molar refractivity (Wildman–Crippen MR) is 227 cm³/mol. The molecule has 1 fully saturated rings. The number of carbonyl (C=O) groups excluding carboxylic acids is 6. The van der Waals surface area contributed by atoms with Crippen LogP contribution >= 0.6 is 11.6 Å². The van der Waals surface area contributed by atoms with Gasteiger partial charge in [0.2, 0.25) is 15.9 Å². The van der Waals surface area contributed by atoms with Crippen LogP contribution in [0.15, 0.2) is 73.1 Å². The molecule has 22 heteroatoms. The number of aromatic nitrogens is 5. The number of hydrogen-bond acceptors (Lipinski definition) is 13. The molecule has 1 aliphatic rings. The molecule has 0 spiro atoms. The second kappa shape index (κ2) is 17.2. The first-order valence-corrected chi connectivity index (χ1v) is 21.2. The van der Waals surface area contributed by atoms with Gasteiger partial charge in [-0.05, 0) is 112 Å². The molecule has 3 heterocycles. The van der Waals surface area contributed by atoms with Crippen LogP contribution in [0.25, 0.3) is 16.6 Å². The predicted octanol–water partition coefficient (Wildman–Crippen LogP) is 4.52. The zero-order valence-corrected chi connectivity index (χ0v) is 36.2. The van der Waals surface area contributed by atoms with Crippen molar-refractivity contribution in [2.24, 2.45) is 0 Å². The lowest BCUT2D eigenvalue weighted by molar-refractivity contribution is -0.149. The number of benzene rings is 3. The second-order valence-corrected chi connectivity index (χ2v) is 18.4. The summed E-state index contributed by atoms with van der Waals surface area (Å²) in [6, 6.07) is 14.4. The van der Waals surface area contributed by atoms with E-state index in [0.717, 1.165) is 15.7 Å². The number of ether oxygens (including phenoxy) is 2. The molecule has 3 N–H and O–H groups in total. The van der Waals surface area contributed by atoms with Gasteiger partial charge in [-0.1, -0.05) is 23.7 Å². The number of carbonyl (C=O) groups is 6. The second-order valence-electron chi connectivity index (χ2n) is 16.2. The van der Waals surface area contributed by atoms with Gasteiger partial charge in [-0.2, -0.15) is 4.68 Å². The average Bonchev–Trinajstić information content (AvgIpc) is 3.83. The minimum absolute atomic E-state index is 0.0558. The number of urea groups is 1. The monoisotopic (exact) mass is 890 g/mol. The third-order valence-electron chi connectivity index (χ3n) is 8.93. The number of anilines is 3. The molecule has 0 bridgehead atoms. The van der Waals surface area contributed by atoms with Gasteiger partial charge in [-0.15, -0.1) is 5.10 Å². The number of nitrogens with zero attached hydrogens (tertiary/aromatic N) is 7. The molecule has 5 aromatic rings. The van der Waals surface area contributed by atoms with E-state index in [1.165, 1.54) is 58.4 Å². The first-order valence-electron chi connectivity index (χ1n) is 18.9. The Morgan fingerprint density at radius 1 is 0.823 bits per heavy atom. The number of fused-ring (bicyclic) bond motifs is 1. The van der Waals surface area contributed by atoms with Crippen LogP contribution in [0.2, 0.25) is 5.02 Å². The lowest BCUT2D eigenvalue weighted by Gasteiger charge is -2.38. The fourth-order valence-electron chi connectivity index (χ4n) is 6.47.